The van der Waals surface area contributed by atoms with E-state index >= 15 is 0 Å². The molecule has 0 bridgehead atoms. The van der Waals surface area contributed by atoms with Crippen LogP contribution < -0.4 is 11.1 Å². The number of rotatable bonds is 12. The average Bonchev–Trinajstić information content (AvgIpc) is 2.78. The summed E-state index contributed by atoms with van der Waals surface area (Å²) in [5.74, 6) is 1.44. The lowest BCUT2D eigenvalue weighted by Crippen LogP contribution is -2.23. The third-order valence-corrected chi connectivity index (χ3v) is 6.62. The molecule has 1 fully saturated rings. The molecular formula is C25H41N5. The number of aromatic nitrogens is 2. The summed E-state index contributed by atoms with van der Waals surface area (Å²) >= 11 is 0. The lowest BCUT2D eigenvalue weighted by Gasteiger charge is -2.21. The van der Waals surface area contributed by atoms with Crippen molar-refractivity contribution in [1.29, 1.82) is 0 Å². The fourth-order valence-corrected chi connectivity index (χ4v) is 4.67. The van der Waals surface area contributed by atoms with E-state index < -0.39 is 0 Å². The zero-order chi connectivity index (χ0) is 21.2. The third kappa shape index (κ3) is 6.83. The summed E-state index contributed by atoms with van der Waals surface area (Å²) in [6, 6.07) is 6.16. The van der Waals surface area contributed by atoms with Gasteiger partial charge in [-0.05, 0) is 63.4 Å². The molecule has 0 saturated heterocycles. The van der Waals surface area contributed by atoms with Gasteiger partial charge in [0.25, 0.3) is 0 Å². The molecule has 0 spiro atoms. The smallest absolute Gasteiger partial charge is 0.126 e. The van der Waals surface area contributed by atoms with E-state index in [1.165, 1.54) is 63.6 Å². The standard InChI is InChI=1S/C25H41N5/c1-3-30(4-2)18-10-6-9-17-27-23-19-24(26)29-22-16-15-21(28-25(22)23)14-13-20-11-7-5-8-12-20/h15-16,19-20H,3-14,17-18H2,1-2H3,(H3,26,27,29). The molecule has 0 radical (unpaired) electrons. The first-order chi connectivity index (χ1) is 14.7. The van der Waals surface area contributed by atoms with Crippen molar-refractivity contribution in [3.8, 4) is 0 Å². The van der Waals surface area contributed by atoms with Gasteiger partial charge in [-0.1, -0.05) is 52.4 Å². The number of hydrogen-bond acceptors (Lipinski definition) is 5. The lowest BCUT2D eigenvalue weighted by atomic mass is 9.86. The Bertz CT molecular complexity index is 765. The molecule has 0 aromatic carbocycles. The van der Waals surface area contributed by atoms with Gasteiger partial charge in [0.05, 0.1) is 11.2 Å². The van der Waals surface area contributed by atoms with E-state index in [1.807, 2.05) is 6.07 Å². The molecule has 0 aliphatic heterocycles. The van der Waals surface area contributed by atoms with Gasteiger partial charge in [0.2, 0.25) is 0 Å². The van der Waals surface area contributed by atoms with Crippen LogP contribution in [0.3, 0.4) is 0 Å². The summed E-state index contributed by atoms with van der Waals surface area (Å²) < 4.78 is 0. The van der Waals surface area contributed by atoms with Crippen LogP contribution in [-0.2, 0) is 6.42 Å². The van der Waals surface area contributed by atoms with Gasteiger partial charge < -0.3 is 16.0 Å². The number of nitrogen functional groups attached to an aromatic ring is 1. The Morgan fingerprint density at radius 2 is 1.83 bits per heavy atom. The monoisotopic (exact) mass is 411 g/mol. The molecule has 2 aromatic rings. The van der Waals surface area contributed by atoms with Crippen LogP contribution in [0, 0.1) is 5.92 Å². The summed E-state index contributed by atoms with van der Waals surface area (Å²) in [5, 5.41) is 3.58. The number of nitrogens with zero attached hydrogens (tertiary/aromatic N) is 3. The molecule has 3 N–H and O–H groups in total. The number of nitrogens with one attached hydrogen (secondary N) is 1. The van der Waals surface area contributed by atoms with Gasteiger partial charge in [-0.15, -0.1) is 0 Å². The first-order valence-corrected chi connectivity index (χ1v) is 12.2. The van der Waals surface area contributed by atoms with Crippen molar-refractivity contribution in [1.82, 2.24) is 14.9 Å². The molecule has 5 nitrogen and oxygen atoms in total. The number of hydrogen-bond donors (Lipinski definition) is 2. The Morgan fingerprint density at radius 1 is 1.03 bits per heavy atom. The van der Waals surface area contributed by atoms with Gasteiger partial charge in [-0.2, -0.15) is 0 Å². The first kappa shape index (κ1) is 22.8. The zero-order valence-corrected chi connectivity index (χ0v) is 19.1. The summed E-state index contributed by atoms with van der Waals surface area (Å²) in [4.78, 5) is 12.0. The van der Waals surface area contributed by atoms with Crippen molar-refractivity contribution >= 4 is 22.5 Å². The highest BCUT2D eigenvalue weighted by Gasteiger charge is 2.14. The highest BCUT2D eigenvalue weighted by Crippen LogP contribution is 2.28. The number of aryl methyl sites for hydroxylation is 1. The lowest BCUT2D eigenvalue weighted by molar-refractivity contribution is 0.296. The Balaban J connectivity index is 1.55. The fraction of sp³-hybridized carbons (Fsp3) is 0.680. The van der Waals surface area contributed by atoms with E-state index in [9.17, 15) is 0 Å². The maximum Gasteiger partial charge on any atom is 0.126 e. The maximum atomic E-state index is 6.05. The van der Waals surface area contributed by atoms with Gasteiger partial charge in [0, 0.05) is 18.3 Å². The molecular weight excluding hydrogens is 370 g/mol. The van der Waals surface area contributed by atoms with Crippen molar-refractivity contribution in [2.24, 2.45) is 5.92 Å². The third-order valence-electron chi connectivity index (χ3n) is 6.62. The van der Waals surface area contributed by atoms with Crippen molar-refractivity contribution in [2.75, 3.05) is 37.2 Å². The molecule has 2 heterocycles. The summed E-state index contributed by atoms with van der Waals surface area (Å²) in [7, 11) is 0. The van der Waals surface area contributed by atoms with Crippen molar-refractivity contribution in [3.63, 3.8) is 0 Å². The first-order valence-electron chi connectivity index (χ1n) is 12.2. The van der Waals surface area contributed by atoms with Gasteiger partial charge in [0.1, 0.15) is 11.3 Å². The van der Waals surface area contributed by atoms with Crippen molar-refractivity contribution < 1.29 is 0 Å². The normalized spacial score (nSPS) is 15.2. The van der Waals surface area contributed by atoms with Crippen LogP contribution in [0.15, 0.2) is 18.2 Å². The fourth-order valence-electron chi connectivity index (χ4n) is 4.67. The zero-order valence-electron chi connectivity index (χ0n) is 19.1. The van der Waals surface area contributed by atoms with Gasteiger partial charge in [-0.3, -0.25) is 0 Å². The van der Waals surface area contributed by atoms with Gasteiger partial charge >= 0.3 is 0 Å². The van der Waals surface area contributed by atoms with E-state index in [1.54, 1.807) is 0 Å². The molecule has 30 heavy (non-hydrogen) atoms. The molecule has 1 aliphatic carbocycles. The highest BCUT2D eigenvalue weighted by molar-refractivity contribution is 5.89. The SMILES string of the molecule is CCN(CC)CCCCCNc1cc(N)nc2ccc(CCC3CCCCC3)nc12. The average molecular weight is 412 g/mol. The molecule has 2 aromatic heterocycles. The van der Waals surface area contributed by atoms with Crippen LogP contribution in [0.2, 0.25) is 0 Å². The molecule has 0 amide bonds. The summed E-state index contributed by atoms with van der Waals surface area (Å²) in [6.07, 6.45) is 13.0. The maximum absolute atomic E-state index is 6.05. The summed E-state index contributed by atoms with van der Waals surface area (Å²) in [6.45, 7) is 8.91. The van der Waals surface area contributed by atoms with E-state index in [2.05, 4.69) is 41.2 Å². The van der Waals surface area contributed by atoms with Crippen LogP contribution in [-0.4, -0.2) is 41.0 Å². The van der Waals surface area contributed by atoms with Crippen molar-refractivity contribution in [2.45, 2.75) is 78.1 Å². The molecule has 0 unspecified atom stereocenters. The van der Waals surface area contributed by atoms with Crippen LogP contribution in [0.4, 0.5) is 11.5 Å². The molecule has 1 aliphatic rings. The van der Waals surface area contributed by atoms with E-state index in [4.69, 9.17) is 10.7 Å². The van der Waals surface area contributed by atoms with E-state index in [0.29, 0.717) is 5.82 Å². The number of unbranched alkanes of at least 4 members (excludes halogenated alkanes) is 2. The Morgan fingerprint density at radius 3 is 2.60 bits per heavy atom. The topological polar surface area (TPSA) is 67.1 Å². The summed E-state index contributed by atoms with van der Waals surface area (Å²) in [5.41, 5.74) is 10.1. The molecule has 1 saturated carbocycles. The largest absolute Gasteiger partial charge is 0.384 e. The van der Waals surface area contributed by atoms with Crippen LogP contribution in [0.25, 0.3) is 11.0 Å². The van der Waals surface area contributed by atoms with Gasteiger partial charge in [-0.25, -0.2) is 9.97 Å². The minimum Gasteiger partial charge on any atom is -0.384 e. The van der Waals surface area contributed by atoms with Crippen LogP contribution in [0.1, 0.15) is 77.3 Å². The predicted octanol–water partition coefficient (Wildman–Crippen LogP) is 5.65. The van der Waals surface area contributed by atoms with Crippen molar-refractivity contribution in [3.05, 3.63) is 23.9 Å². The van der Waals surface area contributed by atoms with E-state index in [-0.39, 0.29) is 0 Å². The van der Waals surface area contributed by atoms with Crippen LogP contribution in [0.5, 0.6) is 0 Å². The molecule has 3 rings (SSSR count). The minimum atomic E-state index is 0.559. The van der Waals surface area contributed by atoms with E-state index in [0.717, 1.165) is 55.1 Å². The van der Waals surface area contributed by atoms with Crippen LogP contribution >= 0.6 is 0 Å². The second-order valence-electron chi connectivity index (χ2n) is 8.82. The Labute approximate surface area is 182 Å². The Hall–Kier alpha value is -1.88. The number of anilines is 2. The molecule has 0 atom stereocenters. The molecule has 166 valence electrons. The second-order valence-corrected chi connectivity index (χ2v) is 8.82. The Kier molecular flexibility index (Phi) is 9.19. The predicted molar refractivity (Wildman–Crippen MR) is 129 cm³/mol. The van der Waals surface area contributed by atoms with Gasteiger partial charge in [0.15, 0.2) is 0 Å². The number of fused-ring (bicyclic) bond motifs is 1. The quantitative estimate of drug-likeness (QED) is 0.442. The molecule has 5 heteroatoms. The number of nitrogens with two attached hydrogens (primary N) is 1. The minimum absolute atomic E-state index is 0.559. The highest BCUT2D eigenvalue weighted by atomic mass is 15.1. The second kappa shape index (κ2) is 12.1. The number of pyridine rings is 2.